The van der Waals surface area contributed by atoms with Crippen LogP contribution in [-0.4, -0.2) is 70.9 Å². The molecule has 0 saturated heterocycles. The van der Waals surface area contributed by atoms with E-state index in [1.54, 1.807) is 0 Å². The molecule has 0 aliphatic rings. The highest BCUT2D eigenvalue weighted by molar-refractivity contribution is 7.43. The molecule has 0 aromatic heterocycles. The van der Waals surface area contributed by atoms with Crippen LogP contribution in [0.25, 0.3) is 0 Å². The Morgan fingerprint density at radius 3 is 1.06 bits per heavy atom. The molecule has 0 rings (SSSR count). The van der Waals surface area contributed by atoms with Gasteiger partial charge in [-0.25, -0.2) is 0 Å². The molecule has 0 aliphatic carbocycles. The fourth-order valence-electron chi connectivity index (χ4n) is 2.89. The second-order valence-corrected chi connectivity index (χ2v) is 11.6. The predicted molar refractivity (Wildman–Crippen MR) is 132 cm³/mol. The fourth-order valence-corrected chi connectivity index (χ4v) is 3.21. The van der Waals surface area contributed by atoms with E-state index in [9.17, 15) is 14.4 Å². The quantitative estimate of drug-likeness (QED) is 0.182. The number of phosphoric ester groups is 1. The Morgan fingerprint density at radius 1 is 0.581 bits per heavy atom. The van der Waals surface area contributed by atoms with Crippen LogP contribution in [0.15, 0.2) is 0 Å². The minimum atomic E-state index is -4.67. The molecule has 0 spiro atoms. The first kappa shape index (κ1) is 35.6. The van der Waals surface area contributed by atoms with Crippen molar-refractivity contribution >= 4 is 7.82 Å². The number of hydrogen-bond donors (Lipinski definition) is 0. The molecule has 0 N–H and O–H groups in total. The molecule has 0 aromatic carbocycles. The van der Waals surface area contributed by atoms with E-state index in [1.165, 1.54) is 97.1 Å². The Balaban J connectivity index is -0.000000394. The van der Waals surface area contributed by atoms with Crippen LogP contribution in [0.5, 0.6) is 0 Å². The molecule has 31 heavy (non-hydrogen) atoms. The number of phosphoric acid groups is 1. The lowest BCUT2D eigenvalue weighted by atomic mass is 10.1. The topological polar surface area (TPSA) is 72.4 Å². The summed E-state index contributed by atoms with van der Waals surface area (Å²) in [5.41, 5.74) is 0. The van der Waals surface area contributed by atoms with E-state index in [0.717, 1.165) is 8.97 Å². The number of hydrogen-bond acceptors (Lipinski definition) is 4. The summed E-state index contributed by atoms with van der Waals surface area (Å²) < 4.78 is 15.4. The van der Waals surface area contributed by atoms with Crippen LogP contribution in [0.3, 0.4) is 0 Å². The van der Waals surface area contributed by atoms with Gasteiger partial charge in [0.1, 0.15) is 0 Å². The van der Waals surface area contributed by atoms with Gasteiger partial charge in [0.25, 0.3) is 0 Å². The van der Waals surface area contributed by atoms with E-state index in [1.807, 2.05) is 0 Å². The molecule has 0 bridgehead atoms. The monoisotopic (exact) mass is 468 g/mol. The van der Waals surface area contributed by atoms with Gasteiger partial charge in [-0.05, 0) is 32.6 Å². The van der Waals surface area contributed by atoms with Crippen molar-refractivity contribution in [2.75, 3.05) is 62.0 Å². The summed E-state index contributed by atoms with van der Waals surface area (Å²) in [5.74, 6) is 0. The van der Waals surface area contributed by atoms with Crippen molar-refractivity contribution in [3.63, 3.8) is 0 Å². The number of unbranched alkanes of at least 4 members (excludes halogenated alkanes) is 10. The maximum absolute atomic E-state index is 9.48. The largest absolute Gasteiger partial charge is 0.790 e. The molecule has 0 aliphatic heterocycles. The van der Waals surface area contributed by atoms with Crippen molar-refractivity contribution in [2.45, 2.75) is 97.8 Å². The summed E-state index contributed by atoms with van der Waals surface area (Å²) in [5, 5.41) is 0. The number of quaternary nitrogens is 2. The van der Waals surface area contributed by atoms with Gasteiger partial charge in [-0.3, -0.25) is 0 Å². The Hall–Kier alpha value is 0.0300. The van der Waals surface area contributed by atoms with Gasteiger partial charge in [-0.1, -0.05) is 65.2 Å². The standard InChI is InChI=1S/2C11H26N.C2H7O4P/c2*1-5-6-7-8-9-10-11-12(2,3)4;1-2-6-7(3,4)5/h2*5-11H2,1-4H3;2H2,1H3,(H2,3,4,5)/q2*+1;/p-2. The maximum Gasteiger partial charge on any atom is 0.0780 e. The third-order valence-electron chi connectivity index (χ3n) is 4.65. The highest BCUT2D eigenvalue weighted by atomic mass is 31.2. The molecular weight excluding hydrogens is 411 g/mol. The fraction of sp³-hybridized carbons (Fsp3) is 1.00. The van der Waals surface area contributed by atoms with Gasteiger partial charge >= 0.3 is 0 Å². The van der Waals surface area contributed by atoms with Crippen molar-refractivity contribution in [1.82, 2.24) is 0 Å². The molecule has 6 nitrogen and oxygen atoms in total. The smallest absolute Gasteiger partial charge is 0.0780 e. The lowest BCUT2D eigenvalue weighted by Gasteiger charge is -2.27. The Bertz CT molecular complexity index is 375. The van der Waals surface area contributed by atoms with E-state index < -0.39 is 7.82 Å². The normalized spacial score (nSPS) is 12.0. The summed E-state index contributed by atoms with van der Waals surface area (Å²) in [4.78, 5) is 19.0. The van der Waals surface area contributed by atoms with Crippen LogP contribution >= 0.6 is 7.82 Å². The number of nitrogens with zero attached hydrogens (tertiary/aromatic N) is 2. The Labute approximate surface area is 195 Å². The SMILES string of the molecule is CCCCCCCC[N+](C)(C)C.CCCCCCCC[N+](C)(C)C.CCOP(=O)([O-])[O-]. The molecule has 0 amide bonds. The van der Waals surface area contributed by atoms with E-state index in [-0.39, 0.29) is 6.61 Å². The maximum atomic E-state index is 9.48. The average Bonchev–Trinajstić information content (AvgIpc) is 2.59. The van der Waals surface area contributed by atoms with Crippen LogP contribution in [-0.2, 0) is 9.09 Å². The van der Waals surface area contributed by atoms with Crippen LogP contribution in [0.2, 0.25) is 0 Å². The molecule has 0 saturated carbocycles. The van der Waals surface area contributed by atoms with Gasteiger partial charge in [0.05, 0.1) is 63.2 Å². The van der Waals surface area contributed by atoms with Gasteiger partial charge in [-0.15, -0.1) is 0 Å². The van der Waals surface area contributed by atoms with Gasteiger partial charge in [0, 0.05) is 6.61 Å². The van der Waals surface area contributed by atoms with Crippen molar-refractivity contribution in [3.8, 4) is 0 Å². The predicted octanol–water partition coefficient (Wildman–Crippen LogP) is 4.96. The highest BCUT2D eigenvalue weighted by Gasteiger charge is 2.05. The zero-order chi connectivity index (χ0) is 24.8. The van der Waals surface area contributed by atoms with Gasteiger partial charge < -0.3 is 27.8 Å². The lowest BCUT2D eigenvalue weighted by Crippen LogP contribution is -2.35. The summed E-state index contributed by atoms with van der Waals surface area (Å²) in [6.45, 7) is 8.54. The van der Waals surface area contributed by atoms with Crippen molar-refractivity contribution in [3.05, 3.63) is 0 Å². The van der Waals surface area contributed by atoms with E-state index >= 15 is 0 Å². The minimum absolute atomic E-state index is 0.0791. The lowest BCUT2D eigenvalue weighted by molar-refractivity contribution is -0.870. The molecule has 0 unspecified atom stereocenters. The zero-order valence-electron chi connectivity index (χ0n) is 22.6. The highest BCUT2D eigenvalue weighted by Crippen LogP contribution is 2.23. The summed E-state index contributed by atoms with van der Waals surface area (Å²) in [6, 6.07) is 0. The van der Waals surface area contributed by atoms with Crippen molar-refractivity contribution in [1.29, 1.82) is 0 Å². The molecule has 7 heteroatoms. The Kier molecular flexibility index (Phi) is 25.1. The van der Waals surface area contributed by atoms with Crippen LogP contribution in [0.4, 0.5) is 0 Å². The van der Waals surface area contributed by atoms with Crippen LogP contribution in [0, 0.1) is 0 Å². The van der Waals surface area contributed by atoms with Crippen LogP contribution in [0.1, 0.15) is 97.8 Å². The first-order chi connectivity index (χ1) is 14.2. The molecule has 0 heterocycles. The third-order valence-corrected chi connectivity index (χ3v) is 5.23. The van der Waals surface area contributed by atoms with Gasteiger partial charge in [0.15, 0.2) is 0 Å². The Morgan fingerprint density at radius 2 is 0.871 bits per heavy atom. The molecule has 0 aromatic rings. The molecule has 192 valence electrons. The van der Waals surface area contributed by atoms with Gasteiger partial charge in [-0.2, -0.15) is 0 Å². The summed E-state index contributed by atoms with van der Waals surface area (Å²) >= 11 is 0. The summed E-state index contributed by atoms with van der Waals surface area (Å²) in [6.07, 6.45) is 17.0. The molecular formula is C24H57N2O4P. The average molecular weight is 469 g/mol. The van der Waals surface area contributed by atoms with Crippen molar-refractivity contribution in [2.24, 2.45) is 0 Å². The van der Waals surface area contributed by atoms with Gasteiger partial charge in [0.2, 0.25) is 0 Å². The molecule has 0 atom stereocenters. The van der Waals surface area contributed by atoms with E-state index in [2.05, 4.69) is 60.7 Å². The second-order valence-electron chi connectivity index (χ2n) is 10.4. The first-order valence-electron chi connectivity index (χ1n) is 12.5. The number of rotatable bonds is 16. The molecule has 0 radical (unpaired) electrons. The zero-order valence-corrected chi connectivity index (χ0v) is 23.5. The minimum Gasteiger partial charge on any atom is -0.790 e. The first-order valence-corrected chi connectivity index (χ1v) is 13.9. The van der Waals surface area contributed by atoms with E-state index in [0.29, 0.717) is 0 Å². The molecule has 0 fully saturated rings. The van der Waals surface area contributed by atoms with E-state index in [4.69, 9.17) is 0 Å². The van der Waals surface area contributed by atoms with Crippen LogP contribution < -0.4 is 9.79 Å². The van der Waals surface area contributed by atoms with Crippen molar-refractivity contribution < 1.29 is 27.8 Å². The third kappa shape index (κ3) is 48.6. The summed E-state index contributed by atoms with van der Waals surface area (Å²) in [7, 11) is 8.95. The second kappa shape index (κ2) is 21.9.